The monoisotopic (exact) mass is 505 g/mol. The van der Waals surface area contributed by atoms with Crippen LogP contribution in [0.5, 0.6) is 0 Å². The summed E-state index contributed by atoms with van der Waals surface area (Å²) in [5.74, 6) is 0.497. The van der Waals surface area contributed by atoms with Crippen LogP contribution in [0.4, 0.5) is 16.2 Å². The van der Waals surface area contributed by atoms with Crippen LogP contribution in [0.25, 0.3) is 11.4 Å². The Kier molecular flexibility index (Phi) is 6.40. The molecule has 3 aromatic heterocycles. The van der Waals surface area contributed by atoms with Crippen molar-refractivity contribution in [3.05, 3.63) is 59.4 Å². The minimum atomic E-state index is -0.479. The average molecular weight is 506 g/mol. The number of benzene rings is 1. The second-order valence-corrected chi connectivity index (χ2v) is 10.1. The van der Waals surface area contributed by atoms with Crippen molar-refractivity contribution in [1.82, 2.24) is 40.2 Å². The van der Waals surface area contributed by atoms with Gasteiger partial charge in [-0.1, -0.05) is 38.4 Å². The van der Waals surface area contributed by atoms with Gasteiger partial charge in [-0.15, -0.1) is 0 Å². The summed E-state index contributed by atoms with van der Waals surface area (Å²) in [7, 11) is 1.80. The standard InChI is InChI=1S/C25H28FN9O2/c1-25(2,3)23-32-22(37-34-23)21(36)29-17-8-6-5-7-15-14(17)9-10-16(19(15)26)20-27-13-28-24(31-20)30-18-11-12-35(4)33-18/h9-13,17H,5-8H2,1-4H3,(H,29,36)(H,27,28,30,31,33). The number of hydrogen-bond acceptors (Lipinski definition) is 9. The highest BCUT2D eigenvalue weighted by atomic mass is 19.1. The molecule has 1 atom stereocenters. The van der Waals surface area contributed by atoms with Crippen LogP contribution < -0.4 is 10.6 Å². The molecule has 1 amide bonds. The molecule has 0 saturated heterocycles. The molecule has 0 fully saturated rings. The molecule has 0 bridgehead atoms. The first kappa shape index (κ1) is 24.5. The van der Waals surface area contributed by atoms with Gasteiger partial charge in [0, 0.05) is 24.7 Å². The van der Waals surface area contributed by atoms with Crippen molar-refractivity contribution in [1.29, 1.82) is 0 Å². The first-order valence-corrected chi connectivity index (χ1v) is 12.1. The molecule has 12 heteroatoms. The molecule has 37 heavy (non-hydrogen) atoms. The van der Waals surface area contributed by atoms with Crippen molar-refractivity contribution in [3.63, 3.8) is 0 Å². The third kappa shape index (κ3) is 5.18. The van der Waals surface area contributed by atoms with Gasteiger partial charge < -0.3 is 15.2 Å². The number of nitrogens with one attached hydrogen (secondary N) is 2. The summed E-state index contributed by atoms with van der Waals surface area (Å²) >= 11 is 0. The molecule has 1 aliphatic carbocycles. The highest BCUT2D eigenvalue weighted by Crippen LogP contribution is 2.34. The van der Waals surface area contributed by atoms with Crippen LogP contribution in [0.2, 0.25) is 0 Å². The predicted molar refractivity (Wildman–Crippen MR) is 132 cm³/mol. The number of aromatic nitrogens is 7. The van der Waals surface area contributed by atoms with Crippen molar-refractivity contribution in [2.75, 3.05) is 5.32 Å². The minimum absolute atomic E-state index is 0.106. The van der Waals surface area contributed by atoms with Crippen molar-refractivity contribution in [2.24, 2.45) is 7.05 Å². The molecule has 1 aromatic carbocycles. The summed E-state index contributed by atoms with van der Waals surface area (Å²) in [6.45, 7) is 5.81. The summed E-state index contributed by atoms with van der Waals surface area (Å²) in [4.78, 5) is 29.8. The minimum Gasteiger partial charge on any atom is -0.341 e. The Morgan fingerprint density at radius 3 is 2.73 bits per heavy atom. The molecular formula is C25H28FN9O2. The van der Waals surface area contributed by atoms with E-state index in [1.165, 1.54) is 6.33 Å². The number of nitrogens with zero attached hydrogens (tertiary/aromatic N) is 7. The van der Waals surface area contributed by atoms with Crippen molar-refractivity contribution in [3.8, 4) is 11.4 Å². The van der Waals surface area contributed by atoms with Crippen LogP contribution in [-0.2, 0) is 18.9 Å². The van der Waals surface area contributed by atoms with Crippen LogP contribution in [-0.4, -0.2) is 40.8 Å². The van der Waals surface area contributed by atoms with E-state index in [0.29, 0.717) is 30.0 Å². The van der Waals surface area contributed by atoms with Gasteiger partial charge in [0.15, 0.2) is 17.5 Å². The van der Waals surface area contributed by atoms with Gasteiger partial charge in [-0.25, -0.2) is 14.4 Å². The maximum atomic E-state index is 15.9. The second kappa shape index (κ2) is 9.68. The van der Waals surface area contributed by atoms with Gasteiger partial charge in [-0.2, -0.15) is 15.1 Å². The molecule has 5 rings (SSSR count). The van der Waals surface area contributed by atoms with Crippen molar-refractivity contribution >= 4 is 17.7 Å². The zero-order chi connectivity index (χ0) is 26.2. The maximum Gasteiger partial charge on any atom is 0.315 e. The molecule has 0 aliphatic heterocycles. The fourth-order valence-electron chi connectivity index (χ4n) is 4.27. The Morgan fingerprint density at radius 1 is 1.16 bits per heavy atom. The quantitative estimate of drug-likeness (QED) is 0.385. The van der Waals surface area contributed by atoms with E-state index < -0.39 is 17.8 Å². The van der Waals surface area contributed by atoms with E-state index in [2.05, 4.69) is 40.8 Å². The molecule has 0 saturated carbocycles. The number of fused-ring (bicyclic) bond motifs is 1. The van der Waals surface area contributed by atoms with Crippen molar-refractivity contribution in [2.45, 2.75) is 57.9 Å². The number of halogens is 1. The number of anilines is 2. The molecule has 2 N–H and O–H groups in total. The highest BCUT2D eigenvalue weighted by molar-refractivity contribution is 5.89. The van der Waals surface area contributed by atoms with Crippen molar-refractivity contribution < 1.29 is 13.7 Å². The van der Waals surface area contributed by atoms with Crippen LogP contribution in [0.3, 0.4) is 0 Å². The number of hydrogen-bond donors (Lipinski definition) is 2. The molecule has 192 valence electrons. The molecule has 4 aromatic rings. The van der Waals surface area contributed by atoms with Crippen LogP contribution in [0, 0.1) is 5.82 Å². The van der Waals surface area contributed by atoms with Gasteiger partial charge in [-0.3, -0.25) is 9.48 Å². The number of amides is 1. The molecule has 0 radical (unpaired) electrons. The van der Waals surface area contributed by atoms with E-state index in [1.54, 1.807) is 30.1 Å². The third-order valence-electron chi connectivity index (χ3n) is 6.19. The SMILES string of the molecule is Cn1ccc(Nc2ncnc(-c3ccc4c(c3F)CCCCC4NC(=O)c3nc(C(C)(C)C)no3)n2)n1. The molecule has 1 aliphatic rings. The zero-order valence-corrected chi connectivity index (χ0v) is 21.1. The van der Waals surface area contributed by atoms with E-state index in [9.17, 15) is 4.79 Å². The lowest BCUT2D eigenvalue weighted by Gasteiger charge is -2.20. The molecule has 0 spiro atoms. The fourth-order valence-corrected chi connectivity index (χ4v) is 4.27. The Balaban J connectivity index is 1.41. The number of rotatable bonds is 5. The lowest BCUT2D eigenvalue weighted by Crippen LogP contribution is -2.29. The first-order chi connectivity index (χ1) is 17.7. The summed E-state index contributed by atoms with van der Waals surface area (Å²) in [6, 6.07) is 4.86. The van der Waals surface area contributed by atoms with E-state index >= 15 is 4.39 Å². The molecular weight excluding hydrogens is 477 g/mol. The van der Waals surface area contributed by atoms with Crippen LogP contribution in [0.15, 0.2) is 35.2 Å². The zero-order valence-electron chi connectivity index (χ0n) is 21.1. The molecule has 1 unspecified atom stereocenters. The highest BCUT2D eigenvalue weighted by Gasteiger charge is 2.28. The van der Waals surface area contributed by atoms with Gasteiger partial charge in [0.05, 0.1) is 11.6 Å². The van der Waals surface area contributed by atoms with E-state index in [4.69, 9.17) is 4.52 Å². The van der Waals surface area contributed by atoms with E-state index in [0.717, 1.165) is 18.4 Å². The second-order valence-electron chi connectivity index (χ2n) is 10.1. The smallest absolute Gasteiger partial charge is 0.315 e. The Labute approximate surface area is 212 Å². The normalized spacial score (nSPS) is 15.6. The average Bonchev–Trinajstić information content (AvgIpc) is 3.46. The summed E-state index contributed by atoms with van der Waals surface area (Å²) < 4.78 is 22.7. The maximum absolute atomic E-state index is 15.9. The Hall–Kier alpha value is -4.22. The first-order valence-electron chi connectivity index (χ1n) is 12.1. The number of carbonyl (C=O) groups excluding carboxylic acids is 1. The Bertz CT molecular complexity index is 1440. The van der Waals surface area contributed by atoms with Gasteiger partial charge in [0.1, 0.15) is 12.1 Å². The van der Waals surface area contributed by atoms with Crippen LogP contribution >= 0.6 is 0 Å². The lowest BCUT2D eigenvalue weighted by atomic mass is 9.95. The fraction of sp³-hybridized carbons (Fsp3) is 0.400. The van der Waals surface area contributed by atoms with Gasteiger partial charge in [-0.05, 0) is 36.5 Å². The van der Waals surface area contributed by atoms with Crippen LogP contribution in [0.1, 0.15) is 73.7 Å². The lowest BCUT2D eigenvalue weighted by molar-refractivity contribution is 0.0890. The largest absolute Gasteiger partial charge is 0.341 e. The summed E-state index contributed by atoms with van der Waals surface area (Å²) in [5, 5.41) is 14.1. The van der Waals surface area contributed by atoms with Gasteiger partial charge in [0.2, 0.25) is 5.95 Å². The third-order valence-corrected chi connectivity index (χ3v) is 6.19. The predicted octanol–water partition coefficient (Wildman–Crippen LogP) is 4.03. The number of aryl methyl sites for hydroxylation is 1. The summed E-state index contributed by atoms with van der Waals surface area (Å²) in [5.41, 5.74) is 1.19. The Morgan fingerprint density at radius 2 is 2.00 bits per heavy atom. The van der Waals surface area contributed by atoms with Gasteiger partial charge >= 0.3 is 11.8 Å². The molecule has 3 heterocycles. The topological polar surface area (TPSA) is 137 Å². The number of carbonyl (C=O) groups is 1. The summed E-state index contributed by atoms with van der Waals surface area (Å²) in [6.07, 6.45) is 5.95. The molecule has 11 nitrogen and oxygen atoms in total. The van der Waals surface area contributed by atoms with E-state index in [1.807, 2.05) is 26.8 Å². The van der Waals surface area contributed by atoms with Gasteiger partial charge in [0.25, 0.3) is 0 Å². The van der Waals surface area contributed by atoms with E-state index in [-0.39, 0.29) is 28.6 Å².